The van der Waals surface area contributed by atoms with Crippen LogP contribution < -0.4 is 10.6 Å². The Kier molecular flexibility index (Phi) is 5.81. The van der Waals surface area contributed by atoms with Crippen LogP contribution in [0.3, 0.4) is 0 Å². The van der Waals surface area contributed by atoms with Crippen LogP contribution in [0.25, 0.3) is 10.6 Å². The van der Waals surface area contributed by atoms with Gasteiger partial charge in [0.2, 0.25) is 0 Å². The number of amides is 1. The average molecular weight is 357 g/mol. The van der Waals surface area contributed by atoms with Crippen molar-refractivity contribution in [2.45, 2.75) is 13.0 Å². The number of phenols is 1. The van der Waals surface area contributed by atoms with Gasteiger partial charge in [-0.3, -0.25) is 4.79 Å². The van der Waals surface area contributed by atoms with Gasteiger partial charge in [0.25, 0.3) is 5.91 Å². The predicted octanol–water partition coefficient (Wildman–Crippen LogP) is 3.02. The second kappa shape index (κ2) is 8.46. The lowest BCUT2D eigenvalue weighted by atomic mass is 10.2. The minimum atomic E-state index is -0.243. The molecule has 3 aromatic rings. The monoisotopic (exact) mass is 357 g/mol. The zero-order valence-electron chi connectivity index (χ0n) is 13.6. The Bertz CT molecular complexity index is 815. The molecule has 0 atom stereocenters. The smallest absolute Gasteiger partial charge is 0.273 e. The van der Waals surface area contributed by atoms with Crippen LogP contribution in [0.5, 0.6) is 5.75 Å². The summed E-state index contributed by atoms with van der Waals surface area (Å²) >= 11 is 1.54. The van der Waals surface area contributed by atoms with Crippen LogP contribution in [-0.2, 0) is 6.54 Å². The van der Waals surface area contributed by atoms with Gasteiger partial charge in [-0.2, -0.15) is 0 Å². The number of benzene rings is 1. The molecular weight excluding hydrogens is 338 g/mol. The number of aromatic hydroxyl groups is 1. The summed E-state index contributed by atoms with van der Waals surface area (Å²) in [4.78, 5) is 13.0. The van der Waals surface area contributed by atoms with Crippen molar-refractivity contribution in [3.63, 3.8) is 0 Å². The predicted molar refractivity (Wildman–Crippen MR) is 96.6 cm³/mol. The summed E-state index contributed by atoms with van der Waals surface area (Å²) in [6, 6.07) is 12.7. The number of carbonyl (C=O) groups is 1. The number of phenolic OH excluding ortho intramolecular Hbond substituents is 1. The van der Waals surface area contributed by atoms with Gasteiger partial charge in [-0.1, -0.05) is 29.4 Å². The summed E-state index contributed by atoms with van der Waals surface area (Å²) in [5, 5.41) is 21.5. The minimum Gasteiger partial charge on any atom is -0.508 e. The van der Waals surface area contributed by atoms with Crippen molar-refractivity contribution in [2.75, 3.05) is 13.1 Å². The maximum Gasteiger partial charge on any atom is 0.273 e. The Hall–Kier alpha value is -2.64. The fraction of sp³-hybridized carbons (Fsp3) is 0.222. The molecule has 1 aromatic carbocycles. The van der Waals surface area contributed by atoms with Crippen LogP contribution in [0.2, 0.25) is 0 Å². The fourth-order valence-corrected chi connectivity index (χ4v) is 2.98. The lowest BCUT2D eigenvalue weighted by Crippen LogP contribution is -2.27. The van der Waals surface area contributed by atoms with Crippen molar-refractivity contribution >= 4 is 17.2 Å². The summed E-state index contributed by atoms with van der Waals surface area (Å²) in [5.74, 6) is 0.646. The summed E-state index contributed by atoms with van der Waals surface area (Å²) in [7, 11) is 0. The zero-order chi connectivity index (χ0) is 17.5. The van der Waals surface area contributed by atoms with Gasteiger partial charge in [-0.05, 0) is 30.5 Å². The second-order valence-electron chi connectivity index (χ2n) is 5.47. The van der Waals surface area contributed by atoms with E-state index in [-0.39, 0.29) is 17.4 Å². The van der Waals surface area contributed by atoms with Crippen LogP contribution in [0, 0.1) is 0 Å². The molecule has 0 bridgehead atoms. The van der Waals surface area contributed by atoms with Gasteiger partial charge in [0.05, 0.1) is 4.88 Å². The third kappa shape index (κ3) is 4.68. The molecular formula is C18H19N3O3S. The molecule has 7 heteroatoms. The summed E-state index contributed by atoms with van der Waals surface area (Å²) in [5.41, 5.74) is 1.14. The number of hydrogen-bond acceptors (Lipinski definition) is 6. The molecule has 0 aliphatic heterocycles. The molecule has 0 saturated carbocycles. The topological polar surface area (TPSA) is 87.4 Å². The molecule has 2 heterocycles. The van der Waals surface area contributed by atoms with E-state index >= 15 is 0 Å². The molecule has 0 saturated heterocycles. The number of hydrogen-bond donors (Lipinski definition) is 3. The molecule has 6 nitrogen and oxygen atoms in total. The Morgan fingerprint density at radius 2 is 2.08 bits per heavy atom. The van der Waals surface area contributed by atoms with Crippen molar-refractivity contribution < 1.29 is 14.4 Å². The molecule has 3 N–H and O–H groups in total. The normalized spacial score (nSPS) is 10.7. The van der Waals surface area contributed by atoms with Gasteiger partial charge < -0.3 is 20.3 Å². The summed E-state index contributed by atoms with van der Waals surface area (Å²) in [6.45, 7) is 1.86. The average Bonchev–Trinajstić information content (AvgIpc) is 3.30. The van der Waals surface area contributed by atoms with E-state index in [0.29, 0.717) is 18.8 Å². The molecule has 0 aliphatic carbocycles. The maximum absolute atomic E-state index is 12.0. The fourth-order valence-electron chi connectivity index (χ4n) is 2.31. The zero-order valence-corrected chi connectivity index (χ0v) is 14.4. The maximum atomic E-state index is 12.0. The van der Waals surface area contributed by atoms with Crippen LogP contribution in [0.4, 0.5) is 0 Å². The van der Waals surface area contributed by atoms with Gasteiger partial charge in [0, 0.05) is 24.7 Å². The first-order valence-corrected chi connectivity index (χ1v) is 8.88. The highest BCUT2D eigenvalue weighted by Crippen LogP contribution is 2.25. The van der Waals surface area contributed by atoms with Crippen LogP contribution in [0.15, 0.2) is 52.4 Å². The van der Waals surface area contributed by atoms with Crippen LogP contribution in [-0.4, -0.2) is 29.3 Å². The van der Waals surface area contributed by atoms with Crippen LogP contribution in [0.1, 0.15) is 22.5 Å². The van der Waals surface area contributed by atoms with Gasteiger partial charge in [-0.25, -0.2) is 0 Å². The molecule has 0 spiro atoms. The Labute approximate surface area is 149 Å². The first kappa shape index (κ1) is 17.2. The largest absolute Gasteiger partial charge is 0.508 e. The minimum absolute atomic E-state index is 0.243. The first-order valence-electron chi connectivity index (χ1n) is 8.00. The van der Waals surface area contributed by atoms with E-state index in [9.17, 15) is 9.90 Å². The third-order valence-electron chi connectivity index (χ3n) is 3.63. The molecule has 2 aromatic heterocycles. The number of nitrogens with one attached hydrogen (secondary N) is 2. The highest BCUT2D eigenvalue weighted by atomic mass is 32.1. The van der Waals surface area contributed by atoms with Gasteiger partial charge in [-0.15, -0.1) is 11.3 Å². The Morgan fingerprint density at radius 3 is 2.88 bits per heavy atom. The SMILES string of the molecule is O=C(NCCCNCc1ccccc1O)c1cc(-c2cccs2)on1. The molecule has 25 heavy (non-hydrogen) atoms. The molecule has 0 fully saturated rings. The van der Waals surface area contributed by atoms with Crippen molar-refractivity contribution in [2.24, 2.45) is 0 Å². The second-order valence-corrected chi connectivity index (χ2v) is 6.42. The summed E-state index contributed by atoms with van der Waals surface area (Å²) in [6.07, 6.45) is 0.773. The number of rotatable bonds is 8. The quantitative estimate of drug-likeness (QED) is 0.540. The van der Waals surface area contributed by atoms with Crippen LogP contribution >= 0.6 is 11.3 Å². The number of carbonyl (C=O) groups excluding carboxylic acids is 1. The van der Waals surface area contributed by atoms with Gasteiger partial charge >= 0.3 is 0 Å². The van der Waals surface area contributed by atoms with E-state index in [4.69, 9.17) is 4.52 Å². The summed E-state index contributed by atoms with van der Waals surface area (Å²) < 4.78 is 5.20. The molecule has 130 valence electrons. The van der Waals surface area contributed by atoms with E-state index in [1.54, 1.807) is 18.2 Å². The molecule has 3 rings (SSSR count). The molecule has 0 unspecified atom stereocenters. The standard InChI is InChI=1S/C18H19N3O3S/c22-15-6-2-1-5-13(15)12-19-8-4-9-20-18(23)14-11-16(24-21-14)17-7-3-10-25-17/h1-3,5-7,10-11,19,22H,4,8-9,12H2,(H,20,23). The van der Waals surface area contributed by atoms with Gasteiger partial charge in [0.15, 0.2) is 11.5 Å². The highest BCUT2D eigenvalue weighted by Gasteiger charge is 2.13. The Balaban J connectivity index is 1.36. The third-order valence-corrected chi connectivity index (χ3v) is 4.51. The molecule has 1 amide bonds. The number of nitrogens with zero attached hydrogens (tertiary/aromatic N) is 1. The van der Waals surface area contributed by atoms with E-state index in [1.165, 1.54) is 11.3 Å². The lowest BCUT2D eigenvalue weighted by Gasteiger charge is -2.07. The Morgan fingerprint density at radius 1 is 1.20 bits per heavy atom. The van der Waals surface area contributed by atoms with Crippen molar-refractivity contribution in [3.05, 3.63) is 59.1 Å². The van der Waals surface area contributed by atoms with E-state index in [0.717, 1.165) is 23.4 Å². The van der Waals surface area contributed by atoms with Gasteiger partial charge in [0.1, 0.15) is 5.75 Å². The number of para-hydroxylation sites is 1. The molecule has 0 radical (unpaired) electrons. The molecule has 0 aliphatic rings. The van der Waals surface area contributed by atoms with E-state index < -0.39 is 0 Å². The highest BCUT2D eigenvalue weighted by molar-refractivity contribution is 7.13. The van der Waals surface area contributed by atoms with Crippen molar-refractivity contribution in [3.8, 4) is 16.4 Å². The van der Waals surface area contributed by atoms with Crippen molar-refractivity contribution in [1.82, 2.24) is 15.8 Å². The first-order chi connectivity index (χ1) is 12.2. The number of aromatic nitrogens is 1. The lowest BCUT2D eigenvalue weighted by molar-refractivity contribution is 0.0944. The van der Waals surface area contributed by atoms with Crippen molar-refractivity contribution in [1.29, 1.82) is 0 Å². The van der Waals surface area contributed by atoms with E-state index in [1.807, 2.05) is 29.6 Å². The number of thiophene rings is 1. The van der Waals surface area contributed by atoms with E-state index in [2.05, 4.69) is 15.8 Å².